The summed E-state index contributed by atoms with van der Waals surface area (Å²) in [5.74, 6) is 0.00823. The first-order valence-electron chi connectivity index (χ1n) is 9.32. The first kappa shape index (κ1) is 18.5. The molecule has 26 heavy (non-hydrogen) atoms. The maximum Gasteiger partial charge on any atom is 0.407 e. The van der Waals surface area contributed by atoms with Crippen molar-refractivity contribution in [3.05, 3.63) is 29.8 Å². The number of alkyl carbamates (subject to hydrolysis) is 1. The molecule has 2 aliphatic rings. The van der Waals surface area contributed by atoms with Gasteiger partial charge in [-0.2, -0.15) is 0 Å². The number of benzene rings is 1. The van der Waals surface area contributed by atoms with Crippen LogP contribution < -0.4 is 10.2 Å². The molecule has 0 spiro atoms. The Morgan fingerprint density at radius 1 is 1.19 bits per heavy atom. The summed E-state index contributed by atoms with van der Waals surface area (Å²) >= 11 is 0. The molecule has 0 bridgehead atoms. The third kappa shape index (κ3) is 4.66. The number of hydrogen-bond acceptors (Lipinski definition) is 5. The molecule has 7 heteroatoms. The van der Waals surface area contributed by atoms with Crippen LogP contribution in [0.4, 0.5) is 10.5 Å². The predicted octanol–water partition coefficient (Wildman–Crippen LogP) is 1.87. The molecule has 1 aromatic carbocycles. The monoisotopic (exact) mass is 361 g/mol. The highest BCUT2D eigenvalue weighted by Gasteiger charge is 2.26. The van der Waals surface area contributed by atoms with Gasteiger partial charge in [-0.1, -0.05) is 0 Å². The number of morpholine rings is 1. The van der Waals surface area contributed by atoms with Gasteiger partial charge in [-0.05, 0) is 44.0 Å². The Labute approximate surface area is 154 Å². The number of hydrogen-bond donors (Lipinski definition) is 1. The lowest BCUT2D eigenvalue weighted by molar-refractivity contribution is 0.0686. The van der Waals surface area contributed by atoms with Gasteiger partial charge in [0, 0.05) is 43.5 Å². The van der Waals surface area contributed by atoms with Crippen LogP contribution in [0.2, 0.25) is 0 Å². The van der Waals surface area contributed by atoms with E-state index in [2.05, 4.69) is 10.2 Å². The minimum Gasteiger partial charge on any atom is -0.450 e. The van der Waals surface area contributed by atoms with Crippen molar-refractivity contribution in [1.29, 1.82) is 0 Å². The second kappa shape index (κ2) is 8.89. The first-order valence-corrected chi connectivity index (χ1v) is 9.32. The molecule has 2 aliphatic heterocycles. The number of nitrogens with zero attached hydrogens (tertiary/aromatic N) is 2. The zero-order valence-corrected chi connectivity index (χ0v) is 15.3. The molecule has 0 aromatic heterocycles. The molecule has 1 aromatic rings. The first-order chi connectivity index (χ1) is 12.7. The number of anilines is 1. The summed E-state index contributed by atoms with van der Waals surface area (Å²) in [7, 11) is 0. The largest absolute Gasteiger partial charge is 0.450 e. The fourth-order valence-electron chi connectivity index (χ4n) is 3.44. The molecule has 0 aliphatic carbocycles. The number of amides is 2. The summed E-state index contributed by atoms with van der Waals surface area (Å²) in [6.07, 6.45) is 1.31. The van der Waals surface area contributed by atoms with Crippen molar-refractivity contribution in [2.24, 2.45) is 0 Å². The Balaban J connectivity index is 1.58. The van der Waals surface area contributed by atoms with Gasteiger partial charge in [-0.15, -0.1) is 0 Å². The number of ether oxygens (including phenoxy) is 2. The Morgan fingerprint density at radius 2 is 1.92 bits per heavy atom. The lowest BCUT2D eigenvalue weighted by Crippen LogP contribution is -2.49. The van der Waals surface area contributed by atoms with Crippen molar-refractivity contribution in [1.82, 2.24) is 10.2 Å². The Morgan fingerprint density at radius 3 is 2.62 bits per heavy atom. The number of carbonyl (C=O) groups excluding carboxylic acids is 2. The molecular formula is C19H27N3O4. The maximum absolute atomic E-state index is 12.8. The summed E-state index contributed by atoms with van der Waals surface area (Å²) in [5, 5.41) is 2.83. The molecule has 2 amide bonds. The van der Waals surface area contributed by atoms with Crippen LogP contribution in [0, 0.1) is 0 Å². The molecule has 1 atom stereocenters. The summed E-state index contributed by atoms with van der Waals surface area (Å²) in [4.78, 5) is 28.5. The molecule has 1 N–H and O–H groups in total. The molecule has 142 valence electrons. The summed E-state index contributed by atoms with van der Waals surface area (Å²) in [5.41, 5.74) is 1.80. The molecule has 3 rings (SSSR count). The van der Waals surface area contributed by atoms with Gasteiger partial charge in [0.1, 0.15) is 0 Å². The van der Waals surface area contributed by atoms with E-state index in [0.29, 0.717) is 25.3 Å². The zero-order valence-electron chi connectivity index (χ0n) is 15.3. The van der Waals surface area contributed by atoms with Crippen LogP contribution in [0.25, 0.3) is 0 Å². The van der Waals surface area contributed by atoms with Crippen LogP contribution in [0.1, 0.15) is 30.1 Å². The minimum atomic E-state index is -0.415. The Hall–Kier alpha value is -2.28. The van der Waals surface area contributed by atoms with Crippen molar-refractivity contribution >= 4 is 17.7 Å². The molecule has 2 saturated heterocycles. The molecule has 1 unspecified atom stereocenters. The van der Waals surface area contributed by atoms with E-state index in [1.165, 1.54) is 0 Å². The number of piperidine rings is 1. The molecule has 7 nitrogen and oxygen atoms in total. The molecule has 0 radical (unpaired) electrons. The predicted molar refractivity (Wildman–Crippen MR) is 98.6 cm³/mol. The third-order valence-corrected chi connectivity index (χ3v) is 4.80. The van der Waals surface area contributed by atoms with E-state index in [0.717, 1.165) is 44.8 Å². The normalized spacial score (nSPS) is 20.6. The third-order valence-electron chi connectivity index (χ3n) is 4.80. The standard InChI is InChI=1S/C19H27N3O4/c1-2-26-19(24)20-16-4-3-9-22(14-16)18(23)15-5-7-17(8-6-15)21-10-12-25-13-11-21/h5-8,16H,2-4,9-14H2,1H3,(H,20,24). The zero-order chi connectivity index (χ0) is 18.4. The lowest BCUT2D eigenvalue weighted by Gasteiger charge is -2.33. The van der Waals surface area contributed by atoms with Gasteiger partial charge in [0.05, 0.1) is 19.8 Å². The highest BCUT2D eigenvalue weighted by molar-refractivity contribution is 5.94. The summed E-state index contributed by atoms with van der Waals surface area (Å²) < 4.78 is 10.3. The van der Waals surface area contributed by atoms with E-state index in [1.54, 1.807) is 6.92 Å². The number of likely N-dealkylation sites (tertiary alicyclic amines) is 1. The van der Waals surface area contributed by atoms with Crippen LogP contribution in [-0.4, -0.2) is 68.9 Å². The van der Waals surface area contributed by atoms with E-state index in [9.17, 15) is 9.59 Å². The van der Waals surface area contributed by atoms with Crippen molar-refractivity contribution in [3.8, 4) is 0 Å². The van der Waals surface area contributed by atoms with Gasteiger partial charge in [0.25, 0.3) is 5.91 Å². The summed E-state index contributed by atoms with van der Waals surface area (Å²) in [6, 6.07) is 7.71. The fourth-order valence-corrected chi connectivity index (χ4v) is 3.44. The second-order valence-electron chi connectivity index (χ2n) is 6.60. The van der Waals surface area contributed by atoms with E-state index in [1.807, 2.05) is 29.2 Å². The summed E-state index contributed by atoms with van der Waals surface area (Å²) in [6.45, 7) is 6.58. The van der Waals surface area contributed by atoms with Gasteiger partial charge < -0.3 is 24.6 Å². The second-order valence-corrected chi connectivity index (χ2v) is 6.60. The Kier molecular flexibility index (Phi) is 6.33. The maximum atomic E-state index is 12.8. The van der Waals surface area contributed by atoms with E-state index in [-0.39, 0.29) is 11.9 Å². The quantitative estimate of drug-likeness (QED) is 0.887. The smallest absolute Gasteiger partial charge is 0.407 e. The van der Waals surface area contributed by atoms with Crippen LogP contribution >= 0.6 is 0 Å². The number of carbonyl (C=O) groups is 2. The van der Waals surface area contributed by atoms with Crippen LogP contribution in [0.5, 0.6) is 0 Å². The highest BCUT2D eigenvalue weighted by Crippen LogP contribution is 2.19. The lowest BCUT2D eigenvalue weighted by atomic mass is 10.0. The number of rotatable bonds is 4. The van der Waals surface area contributed by atoms with Gasteiger partial charge in [0.2, 0.25) is 0 Å². The molecule has 0 saturated carbocycles. The van der Waals surface area contributed by atoms with Gasteiger partial charge in [-0.25, -0.2) is 4.79 Å². The van der Waals surface area contributed by atoms with Crippen molar-refractivity contribution in [3.63, 3.8) is 0 Å². The molecular weight excluding hydrogens is 334 g/mol. The highest BCUT2D eigenvalue weighted by atomic mass is 16.5. The van der Waals surface area contributed by atoms with Crippen LogP contribution in [0.15, 0.2) is 24.3 Å². The van der Waals surface area contributed by atoms with Gasteiger partial charge >= 0.3 is 6.09 Å². The van der Waals surface area contributed by atoms with E-state index >= 15 is 0 Å². The average Bonchev–Trinajstić information content (AvgIpc) is 2.68. The topological polar surface area (TPSA) is 71.1 Å². The van der Waals surface area contributed by atoms with Crippen LogP contribution in [0.3, 0.4) is 0 Å². The van der Waals surface area contributed by atoms with Crippen molar-refractivity contribution in [2.45, 2.75) is 25.8 Å². The van der Waals surface area contributed by atoms with E-state index < -0.39 is 6.09 Å². The molecule has 2 fully saturated rings. The fraction of sp³-hybridized carbons (Fsp3) is 0.579. The average molecular weight is 361 g/mol. The van der Waals surface area contributed by atoms with Gasteiger partial charge in [-0.3, -0.25) is 4.79 Å². The van der Waals surface area contributed by atoms with Crippen molar-refractivity contribution < 1.29 is 19.1 Å². The SMILES string of the molecule is CCOC(=O)NC1CCCN(C(=O)c2ccc(N3CCOCC3)cc2)C1. The van der Waals surface area contributed by atoms with Crippen molar-refractivity contribution in [2.75, 3.05) is 50.9 Å². The molecule has 2 heterocycles. The van der Waals surface area contributed by atoms with Crippen LogP contribution in [-0.2, 0) is 9.47 Å². The van der Waals surface area contributed by atoms with Gasteiger partial charge in [0.15, 0.2) is 0 Å². The Bertz CT molecular complexity index is 614. The van der Waals surface area contributed by atoms with E-state index in [4.69, 9.17) is 9.47 Å². The minimum absolute atomic E-state index is 0.00823. The number of nitrogens with one attached hydrogen (secondary N) is 1.